The third-order valence-corrected chi connectivity index (χ3v) is 4.95. The average Bonchev–Trinajstić information content (AvgIpc) is 2.18. The Labute approximate surface area is 95.1 Å². The van der Waals surface area contributed by atoms with Crippen LogP contribution >= 0.6 is 32.0 Å². The molecule has 0 aromatic heterocycles. The number of hydrogen-bond donors (Lipinski definition) is 0. The molecule has 0 amide bonds. The molecule has 0 aliphatic heterocycles. The fourth-order valence-corrected chi connectivity index (χ4v) is 3.41. The second kappa shape index (κ2) is 5.66. The van der Waals surface area contributed by atoms with Crippen molar-refractivity contribution in [3.8, 4) is 0 Å². The van der Waals surface area contributed by atoms with Gasteiger partial charge in [-0.1, -0.05) is 0 Å². The average molecular weight is 331 g/mol. The molecule has 0 aliphatic rings. The van der Waals surface area contributed by atoms with Crippen LogP contribution in [0.3, 0.4) is 0 Å². The van der Waals surface area contributed by atoms with Crippen molar-refractivity contribution >= 4 is 32.0 Å². The Hall–Kier alpha value is -0.160. The van der Waals surface area contributed by atoms with Gasteiger partial charge in [-0.25, -0.2) is 0 Å². The summed E-state index contributed by atoms with van der Waals surface area (Å²) < 4.78 is 27.8. The summed E-state index contributed by atoms with van der Waals surface area (Å²) in [5.41, 5.74) is 1.07. The summed E-state index contributed by atoms with van der Waals surface area (Å²) in [4.78, 5) is 0. The number of alkyl halides is 1. The first kappa shape index (κ1) is 11.9. The topological polar surface area (TPSA) is 0 Å². The summed E-state index contributed by atoms with van der Waals surface area (Å²) in [6, 6.07) is 7.06. The first-order valence-electron chi connectivity index (χ1n) is 3.97. The first-order chi connectivity index (χ1) is 6.63. The van der Waals surface area contributed by atoms with Gasteiger partial charge in [0.05, 0.1) is 0 Å². The van der Waals surface area contributed by atoms with Crippen molar-refractivity contribution in [2.24, 2.45) is 0 Å². The number of aryl methyl sites for hydroxylation is 1. The van der Waals surface area contributed by atoms with E-state index in [9.17, 15) is 7.25 Å². The van der Waals surface area contributed by atoms with Gasteiger partial charge in [-0.15, -0.1) is 0 Å². The molecule has 0 radical (unpaired) electrons. The number of benzene rings is 1. The van der Waals surface area contributed by atoms with Crippen LogP contribution in [0.25, 0.3) is 0 Å². The normalized spacial score (nSPS) is 12.9. The predicted octanol–water partition coefficient (Wildman–Crippen LogP) is 4.61. The third-order valence-electron chi connectivity index (χ3n) is 1.56. The predicted molar refractivity (Wildman–Crippen MR) is 64.9 cm³/mol. The van der Waals surface area contributed by atoms with E-state index in [-0.39, 0.29) is 5.88 Å². The molecule has 0 unspecified atom stereocenters. The quantitative estimate of drug-likeness (QED) is 0.561. The molecule has 1 aromatic rings. The van der Waals surface area contributed by atoms with Crippen LogP contribution in [0.1, 0.15) is 5.56 Å². The van der Waals surface area contributed by atoms with E-state index in [2.05, 4.69) is 0 Å². The molecular formula is C10H10ClF2I. The van der Waals surface area contributed by atoms with Gasteiger partial charge in [-0.2, -0.15) is 0 Å². The van der Waals surface area contributed by atoms with Crippen molar-refractivity contribution in [1.82, 2.24) is 0 Å². The van der Waals surface area contributed by atoms with Gasteiger partial charge >= 0.3 is 95.4 Å². The van der Waals surface area contributed by atoms with Crippen molar-refractivity contribution in [3.05, 3.63) is 43.3 Å². The number of hydrogen-bond acceptors (Lipinski definition) is 0. The zero-order chi connectivity index (χ0) is 10.6. The zero-order valence-corrected chi connectivity index (χ0v) is 10.5. The van der Waals surface area contributed by atoms with E-state index >= 15 is 0 Å². The van der Waals surface area contributed by atoms with Gasteiger partial charge < -0.3 is 0 Å². The standard InChI is InChI=1S/C10H10ClF2I/c1-8-2-4-10(5-3-8)14(13)7-9(12)6-11/h2-5,7H,6H2,1H3/b9-7+. The Morgan fingerprint density at radius 3 is 2.50 bits per heavy atom. The van der Waals surface area contributed by atoms with Crippen molar-refractivity contribution in [2.75, 3.05) is 5.88 Å². The van der Waals surface area contributed by atoms with E-state index < -0.39 is 26.2 Å². The Morgan fingerprint density at radius 1 is 1.43 bits per heavy atom. The molecule has 1 rings (SSSR count). The summed E-state index contributed by atoms with van der Waals surface area (Å²) >= 11 is 2.27. The molecule has 0 saturated carbocycles. The molecule has 0 saturated heterocycles. The van der Waals surface area contributed by atoms with E-state index in [4.69, 9.17) is 11.6 Å². The van der Waals surface area contributed by atoms with E-state index in [0.717, 1.165) is 9.65 Å². The monoisotopic (exact) mass is 330 g/mol. The molecule has 0 fully saturated rings. The van der Waals surface area contributed by atoms with Crippen LogP contribution in [0.15, 0.2) is 34.2 Å². The molecular weight excluding hydrogens is 320 g/mol. The number of halogens is 4. The van der Waals surface area contributed by atoms with E-state index in [0.29, 0.717) is 3.57 Å². The summed E-state index contributed by atoms with van der Waals surface area (Å²) in [6.07, 6.45) is 0. The summed E-state index contributed by atoms with van der Waals surface area (Å²) in [6.45, 7) is 1.93. The van der Waals surface area contributed by atoms with Gasteiger partial charge in [0.2, 0.25) is 0 Å². The van der Waals surface area contributed by atoms with Gasteiger partial charge in [-0.3, -0.25) is 0 Å². The molecule has 0 N–H and O–H groups in total. The maximum atomic E-state index is 13.5. The molecule has 0 heterocycles. The van der Waals surface area contributed by atoms with Crippen LogP contribution < -0.4 is 0 Å². The molecule has 1 aromatic carbocycles. The van der Waals surface area contributed by atoms with Gasteiger partial charge in [0.1, 0.15) is 0 Å². The van der Waals surface area contributed by atoms with E-state index in [1.807, 2.05) is 19.1 Å². The van der Waals surface area contributed by atoms with E-state index in [1.54, 1.807) is 12.1 Å². The maximum absolute atomic E-state index is 13.5. The molecule has 0 aliphatic carbocycles. The summed E-state index contributed by atoms with van der Waals surface area (Å²) in [7, 11) is 0. The molecule has 78 valence electrons. The third kappa shape index (κ3) is 3.53. The molecule has 0 spiro atoms. The van der Waals surface area contributed by atoms with Crippen LogP contribution in [0, 0.1) is 10.5 Å². The van der Waals surface area contributed by atoms with Crippen molar-refractivity contribution in [2.45, 2.75) is 6.92 Å². The summed E-state index contributed by atoms with van der Waals surface area (Å²) in [5.74, 6) is -0.816. The van der Waals surface area contributed by atoms with Crippen LogP contribution in [-0.4, -0.2) is 5.88 Å². The number of rotatable bonds is 3. The minimum atomic E-state index is -2.95. The first-order valence-corrected chi connectivity index (χ1v) is 7.64. The molecule has 4 heteroatoms. The fraction of sp³-hybridized carbons (Fsp3) is 0.200. The van der Waals surface area contributed by atoms with E-state index in [1.165, 1.54) is 0 Å². The van der Waals surface area contributed by atoms with Crippen molar-refractivity contribution in [1.29, 1.82) is 0 Å². The molecule has 14 heavy (non-hydrogen) atoms. The molecule has 0 atom stereocenters. The second-order valence-electron chi connectivity index (χ2n) is 2.75. The van der Waals surface area contributed by atoms with Gasteiger partial charge in [0, 0.05) is 0 Å². The molecule has 0 nitrogen and oxygen atoms in total. The van der Waals surface area contributed by atoms with Crippen LogP contribution in [-0.2, 0) is 0 Å². The SMILES string of the molecule is Cc1ccc(I(F)/C=C(/F)CCl)cc1. The summed E-state index contributed by atoms with van der Waals surface area (Å²) in [5, 5.41) is 0. The number of allylic oxidation sites excluding steroid dienone is 1. The second-order valence-corrected chi connectivity index (χ2v) is 6.39. The Morgan fingerprint density at radius 2 is 2.00 bits per heavy atom. The van der Waals surface area contributed by atoms with Crippen LogP contribution in [0.2, 0.25) is 0 Å². The molecule has 0 bridgehead atoms. The van der Waals surface area contributed by atoms with Gasteiger partial charge in [0.25, 0.3) is 0 Å². The zero-order valence-electron chi connectivity index (χ0n) is 7.61. The minimum absolute atomic E-state index is 0.246. The Bertz CT molecular complexity index is 321. The van der Waals surface area contributed by atoms with Crippen LogP contribution in [0.4, 0.5) is 7.25 Å². The Balaban J connectivity index is 2.79. The Kier molecular flexibility index (Phi) is 4.81. The fourth-order valence-electron chi connectivity index (χ4n) is 0.850. The van der Waals surface area contributed by atoms with Gasteiger partial charge in [0.15, 0.2) is 0 Å². The van der Waals surface area contributed by atoms with Crippen molar-refractivity contribution < 1.29 is 7.25 Å². The van der Waals surface area contributed by atoms with Gasteiger partial charge in [-0.05, 0) is 0 Å². The van der Waals surface area contributed by atoms with Crippen LogP contribution in [0.5, 0.6) is 0 Å². The van der Waals surface area contributed by atoms with Crippen molar-refractivity contribution in [3.63, 3.8) is 0 Å².